The molecule has 0 heterocycles. The first-order valence-electron chi connectivity index (χ1n) is 6.48. The van der Waals surface area contributed by atoms with E-state index in [4.69, 9.17) is 1.37 Å². The van der Waals surface area contributed by atoms with Gasteiger partial charge in [-0.05, 0) is 0 Å². The summed E-state index contributed by atoms with van der Waals surface area (Å²) in [5.74, 6) is 0. The van der Waals surface area contributed by atoms with Crippen molar-refractivity contribution < 1.29 is 25.5 Å². The summed E-state index contributed by atoms with van der Waals surface area (Å²) in [6, 6.07) is 5.75. The van der Waals surface area contributed by atoms with E-state index in [9.17, 15) is 21.6 Å². The maximum atomic E-state index is 12.7. The molecule has 1 aromatic rings. The third kappa shape index (κ3) is 4.58. The van der Waals surface area contributed by atoms with Gasteiger partial charge in [0.2, 0.25) is 0 Å². The van der Waals surface area contributed by atoms with Gasteiger partial charge in [0.05, 0.1) is 0 Å². The van der Waals surface area contributed by atoms with Crippen LogP contribution in [0.15, 0.2) is 46.2 Å². The quantitative estimate of drug-likeness (QED) is 0.375. The first-order chi connectivity index (χ1) is 10.3. The molecule has 0 atom stereocenters. The van der Waals surface area contributed by atoms with Crippen LogP contribution in [-0.2, 0) is 12.6 Å². The Balaban J connectivity index is 3.53. The fraction of sp³-hybridized carbons (Fsp3) is 0.357. The number of benzene rings is 1. The molecule has 0 amide bonds. The molecule has 0 aliphatic rings. The van der Waals surface area contributed by atoms with Crippen molar-refractivity contribution in [1.29, 1.82) is 0 Å². The van der Waals surface area contributed by atoms with Crippen molar-refractivity contribution in [3.05, 3.63) is 49.8 Å². The summed E-state index contributed by atoms with van der Waals surface area (Å²) < 4.78 is 73.9. The van der Waals surface area contributed by atoms with Crippen LogP contribution in [0.5, 0.6) is 0 Å². The van der Waals surface area contributed by atoms with Gasteiger partial charge in [0.25, 0.3) is 0 Å². The fourth-order valence-electron chi connectivity index (χ4n) is 1.35. The third-order valence-electron chi connectivity index (χ3n) is 2.27. The molecule has 0 saturated heterocycles. The zero-order valence-corrected chi connectivity index (χ0v) is 15.1. The minimum absolute atomic E-state index is 0.0768. The van der Waals surface area contributed by atoms with Crippen LogP contribution < -0.4 is 0 Å². The van der Waals surface area contributed by atoms with E-state index in [1.54, 1.807) is 20.8 Å². The predicted octanol–water partition coefficient (Wildman–Crippen LogP) is 4.86. The number of rotatable bonds is 4. The Bertz CT molecular complexity index is 732. The van der Waals surface area contributed by atoms with E-state index in [0.717, 1.165) is 0 Å². The van der Waals surface area contributed by atoms with Crippen LogP contribution in [0.25, 0.3) is 0 Å². The number of hydrogen-bond donors (Lipinski definition) is 0. The monoisotopic (exact) mass is 449 g/mol. The second-order valence-corrected chi connectivity index (χ2v) is 11.4. The van der Waals surface area contributed by atoms with E-state index in [-0.39, 0.29) is 13.2 Å². The molecular formula is C14H16F3IO3S. The van der Waals surface area contributed by atoms with Crippen molar-refractivity contribution in [3.63, 3.8) is 0 Å². The van der Waals surface area contributed by atoms with E-state index in [1.807, 2.05) is 0 Å². The average molecular weight is 449 g/mol. The second kappa shape index (κ2) is 6.74. The van der Waals surface area contributed by atoms with E-state index < -0.39 is 41.3 Å². The van der Waals surface area contributed by atoms with Gasteiger partial charge < -0.3 is 0 Å². The van der Waals surface area contributed by atoms with Crippen molar-refractivity contribution >= 4 is 30.4 Å². The van der Waals surface area contributed by atoms with Crippen molar-refractivity contribution in [2.24, 2.45) is 5.41 Å². The van der Waals surface area contributed by atoms with Gasteiger partial charge in [0.1, 0.15) is 0 Å². The molecule has 0 bridgehead atoms. The van der Waals surface area contributed by atoms with Crippen LogP contribution in [-0.4, -0.2) is 13.9 Å². The van der Waals surface area contributed by atoms with Crippen LogP contribution in [0.4, 0.5) is 13.2 Å². The molecule has 22 heavy (non-hydrogen) atoms. The van der Waals surface area contributed by atoms with Crippen molar-refractivity contribution in [2.75, 3.05) is 0 Å². The molecule has 1 aromatic carbocycles. The predicted molar refractivity (Wildman–Crippen MR) is 87.3 cm³/mol. The number of allylic oxidation sites excluding steroid dienone is 1. The van der Waals surface area contributed by atoms with Gasteiger partial charge in [-0.3, -0.25) is 0 Å². The molecule has 0 spiro atoms. The Morgan fingerprint density at radius 2 is 1.91 bits per heavy atom. The summed E-state index contributed by atoms with van der Waals surface area (Å²) in [7, 11) is -5.78. The molecule has 1 rings (SSSR count). The molecule has 8 heteroatoms. The summed E-state index contributed by atoms with van der Waals surface area (Å²) in [5.41, 5.74) is -3.68. The Hall–Kier alpha value is -0.830. The summed E-state index contributed by atoms with van der Waals surface area (Å²) >= 11 is -3.57. The molecule has 0 radical (unpaired) electrons. The Labute approximate surface area is 137 Å². The van der Waals surface area contributed by atoms with Gasteiger partial charge in [-0.15, -0.1) is 0 Å². The molecule has 0 unspecified atom stereocenters. The first kappa shape index (κ1) is 17.5. The summed E-state index contributed by atoms with van der Waals surface area (Å²) in [4.78, 5) is 0. The molecule has 0 N–H and O–H groups in total. The van der Waals surface area contributed by atoms with Crippen molar-refractivity contribution in [1.82, 2.24) is 0 Å². The van der Waals surface area contributed by atoms with Gasteiger partial charge >= 0.3 is 137 Å². The Morgan fingerprint density at radius 3 is 2.32 bits per heavy atom. The fourth-order valence-corrected chi connectivity index (χ4v) is 8.26. The first-order valence-corrected chi connectivity index (χ1v) is 10.4. The topological polar surface area (TPSA) is 43.4 Å². The van der Waals surface area contributed by atoms with Crippen LogP contribution in [0.1, 0.15) is 22.1 Å². The van der Waals surface area contributed by atoms with Gasteiger partial charge in [-0.1, -0.05) is 0 Å². The van der Waals surface area contributed by atoms with Gasteiger partial charge in [0, 0.05) is 0 Å². The van der Waals surface area contributed by atoms with Gasteiger partial charge in [-0.25, -0.2) is 0 Å². The maximum absolute atomic E-state index is 12.7. The summed E-state index contributed by atoms with van der Waals surface area (Å²) in [5, 5.41) is 0. The molecule has 3 nitrogen and oxygen atoms in total. The molecule has 0 fully saturated rings. The molecule has 0 aliphatic carbocycles. The minimum atomic E-state index is -5.78. The SMILES string of the molecule is [2H]c1ccccc1I(OS(=O)(=O)C(F)(F)F)C(=C=C)C(C)(C)C. The van der Waals surface area contributed by atoms with E-state index in [1.165, 1.54) is 24.3 Å². The molecule has 0 aliphatic heterocycles. The zero-order valence-electron chi connectivity index (χ0n) is 13.2. The van der Waals surface area contributed by atoms with E-state index in [0.29, 0.717) is 0 Å². The molecule has 0 saturated carbocycles. The van der Waals surface area contributed by atoms with Crippen molar-refractivity contribution in [2.45, 2.75) is 26.3 Å². The third-order valence-corrected chi connectivity index (χ3v) is 10.3. The number of alkyl halides is 3. The van der Waals surface area contributed by atoms with Gasteiger partial charge in [0.15, 0.2) is 0 Å². The van der Waals surface area contributed by atoms with Crippen LogP contribution in [0.2, 0.25) is 0 Å². The van der Waals surface area contributed by atoms with Crippen LogP contribution in [0, 0.1) is 8.99 Å². The number of halogens is 4. The van der Waals surface area contributed by atoms with Crippen LogP contribution >= 0.6 is 20.2 Å². The Kier molecular flexibility index (Phi) is 5.37. The molecule has 0 aromatic heterocycles. The molecular weight excluding hydrogens is 432 g/mol. The average Bonchev–Trinajstić information content (AvgIpc) is 2.35. The van der Waals surface area contributed by atoms with E-state index in [2.05, 4.69) is 14.8 Å². The number of hydrogen-bond acceptors (Lipinski definition) is 3. The summed E-state index contributed by atoms with van der Waals surface area (Å²) in [6.07, 6.45) is 0. The zero-order chi connectivity index (χ0) is 18.1. The van der Waals surface area contributed by atoms with E-state index >= 15 is 0 Å². The molecule has 124 valence electrons. The standard InChI is InChI=1S/C14H16F3IO3S/c1-5-12(13(2,3)4)18(11-9-7-6-8-10-11)21-22(19,20)14(15,16)17/h6-10H,1H2,2-4H3/i9D. The van der Waals surface area contributed by atoms with Crippen LogP contribution in [0.3, 0.4) is 0 Å². The second-order valence-electron chi connectivity index (χ2n) is 5.16. The van der Waals surface area contributed by atoms with Gasteiger partial charge in [-0.2, -0.15) is 0 Å². The van der Waals surface area contributed by atoms with Crippen molar-refractivity contribution in [3.8, 4) is 0 Å². The summed E-state index contributed by atoms with van der Waals surface area (Å²) in [6.45, 7) is 8.54. The normalized spacial score (nSPS) is 14.1. The Morgan fingerprint density at radius 1 is 1.32 bits per heavy atom.